The molecule has 0 aromatic heterocycles. The zero-order valence-corrected chi connectivity index (χ0v) is 11.8. The summed E-state index contributed by atoms with van der Waals surface area (Å²) in [4.78, 5) is 2.48. The molecule has 0 spiro atoms. The molecule has 0 aromatic rings. The Balaban J connectivity index is 1.64. The third kappa shape index (κ3) is 4.26. The van der Waals surface area contributed by atoms with Crippen LogP contribution < -0.4 is 5.32 Å². The summed E-state index contributed by atoms with van der Waals surface area (Å²) in [5.41, 5.74) is 0.596. The molecule has 1 atom stereocenters. The van der Waals surface area contributed by atoms with E-state index >= 15 is 0 Å². The number of nitrogens with one attached hydrogen (secondary N) is 1. The van der Waals surface area contributed by atoms with Gasteiger partial charge in [-0.15, -0.1) is 0 Å². The smallest absolute Gasteiger partial charge is 0.00187 e. The predicted octanol–water partition coefficient (Wildman–Crippen LogP) is 2.89. The molecule has 2 nitrogen and oxygen atoms in total. The fourth-order valence-electron chi connectivity index (χ4n) is 3.60. The van der Waals surface area contributed by atoms with E-state index in [2.05, 4.69) is 24.2 Å². The van der Waals surface area contributed by atoms with E-state index in [0.29, 0.717) is 5.41 Å². The largest absolute Gasteiger partial charge is 0.316 e. The van der Waals surface area contributed by atoms with Crippen LogP contribution in [0.4, 0.5) is 0 Å². The standard InChI is InChI=1S/C15H30N2/c1-15(8-4-3-5-9-15)13-16-11-14-7-6-10-17(2)12-14/h14,16H,3-13H2,1-2H3. The summed E-state index contributed by atoms with van der Waals surface area (Å²) in [7, 11) is 2.26. The Morgan fingerprint density at radius 1 is 1.18 bits per heavy atom. The second kappa shape index (κ2) is 6.19. The van der Waals surface area contributed by atoms with Crippen molar-refractivity contribution in [1.82, 2.24) is 10.2 Å². The maximum atomic E-state index is 3.76. The van der Waals surface area contributed by atoms with Gasteiger partial charge in [0.2, 0.25) is 0 Å². The van der Waals surface area contributed by atoms with Gasteiger partial charge in [0.25, 0.3) is 0 Å². The minimum absolute atomic E-state index is 0.596. The average Bonchev–Trinajstić information content (AvgIpc) is 2.30. The zero-order chi connectivity index (χ0) is 12.1. The topological polar surface area (TPSA) is 15.3 Å². The van der Waals surface area contributed by atoms with Gasteiger partial charge in [0.15, 0.2) is 0 Å². The van der Waals surface area contributed by atoms with Crippen molar-refractivity contribution in [2.24, 2.45) is 11.3 Å². The normalized spacial score (nSPS) is 30.4. The third-order valence-electron chi connectivity index (χ3n) is 4.77. The molecule has 2 rings (SSSR count). The first-order valence-electron chi connectivity index (χ1n) is 7.57. The number of hydrogen-bond acceptors (Lipinski definition) is 2. The van der Waals surface area contributed by atoms with Crippen LogP contribution in [-0.2, 0) is 0 Å². The lowest BCUT2D eigenvalue weighted by Crippen LogP contribution is -2.40. The summed E-state index contributed by atoms with van der Waals surface area (Å²) in [5, 5.41) is 3.76. The van der Waals surface area contributed by atoms with Crippen LogP contribution in [0.15, 0.2) is 0 Å². The van der Waals surface area contributed by atoms with Crippen LogP contribution in [0, 0.1) is 11.3 Å². The maximum absolute atomic E-state index is 3.76. The maximum Gasteiger partial charge on any atom is 0.00187 e. The number of nitrogens with zero attached hydrogens (tertiary/aromatic N) is 1. The molecule has 0 bridgehead atoms. The van der Waals surface area contributed by atoms with Crippen molar-refractivity contribution in [3.05, 3.63) is 0 Å². The van der Waals surface area contributed by atoms with E-state index in [4.69, 9.17) is 0 Å². The number of hydrogen-bond donors (Lipinski definition) is 1. The Kier molecular flexibility index (Phi) is 4.87. The summed E-state index contributed by atoms with van der Waals surface area (Å²) in [6.07, 6.45) is 10.0. The Morgan fingerprint density at radius 3 is 2.65 bits per heavy atom. The lowest BCUT2D eigenvalue weighted by molar-refractivity contribution is 0.180. The second-order valence-electron chi connectivity index (χ2n) is 6.77. The summed E-state index contributed by atoms with van der Waals surface area (Å²) >= 11 is 0. The highest BCUT2D eigenvalue weighted by molar-refractivity contribution is 4.81. The molecular weight excluding hydrogens is 208 g/mol. The van der Waals surface area contributed by atoms with Crippen molar-refractivity contribution in [3.63, 3.8) is 0 Å². The van der Waals surface area contributed by atoms with E-state index in [0.717, 1.165) is 5.92 Å². The molecule has 1 aliphatic heterocycles. The van der Waals surface area contributed by atoms with Gasteiger partial charge in [-0.25, -0.2) is 0 Å². The molecule has 1 aliphatic carbocycles. The number of likely N-dealkylation sites (tertiary alicyclic amines) is 1. The molecule has 1 heterocycles. The van der Waals surface area contributed by atoms with Crippen LogP contribution in [0.2, 0.25) is 0 Å². The van der Waals surface area contributed by atoms with Gasteiger partial charge in [0, 0.05) is 13.1 Å². The van der Waals surface area contributed by atoms with E-state index in [1.807, 2.05) is 0 Å². The number of piperidine rings is 1. The molecule has 1 N–H and O–H groups in total. The quantitative estimate of drug-likeness (QED) is 0.810. The van der Waals surface area contributed by atoms with Gasteiger partial charge in [-0.1, -0.05) is 26.2 Å². The fourth-order valence-corrected chi connectivity index (χ4v) is 3.60. The van der Waals surface area contributed by atoms with Crippen LogP contribution in [0.25, 0.3) is 0 Å². The molecular formula is C15H30N2. The summed E-state index contributed by atoms with van der Waals surface area (Å²) in [5.74, 6) is 0.890. The van der Waals surface area contributed by atoms with Crippen LogP contribution in [-0.4, -0.2) is 38.1 Å². The van der Waals surface area contributed by atoms with E-state index < -0.39 is 0 Å². The predicted molar refractivity (Wildman–Crippen MR) is 74.3 cm³/mol. The Labute approximate surface area is 107 Å². The Morgan fingerprint density at radius 2 is 1.94 bits per heavy atom. The van der Waals surface area contributed by atoms with Gasteiger partial charge in [-0.05, 0) is 57.2 Å². The summed E-state index contributed by atoms with van der Waals surface area (Å²) in [6, 6.07) is 0. The summed E-state index contributed by atoms with van der Waals surface area (Å²) in [6.45, 7) is 7.55. The monoisotopic (exact) mass is 238 g/mol. The molecule has 2 aliphatic rings. The van der Waals surface area contributed by atoms with Gasteiger partial charge < -0.3 is 10.2 Å². The van der Waals surface area contributed by atoms with Crippen molar-refractivity contribution in [1.29, 1.82) is 0 Å². The molecule has 0 amide bonds. The molecule has 0 aromatic carbocycles. The lowest BCUT2D eigenvalue weighted by atomic mass is 9.75. The number of rotatable bonds is 4. The van der Waals surface area contributed by atoms with E-state index in [-0.39, 0.29) is 0 Å². The highest BCUT2D eigenvalue weighted by Gasteiger charge is 2.26. The van der Waals surface area contributed by atoms with E-state index in [1.54, 1.807) is 0 Å². The first-order chi connectivity index (χ1) is 8.18. The molecule has 17 heavy (non-hydrogen) atoms. The van der Waals surface area contributed by atoms with Crippen LogP contribution in [0.5, 0.6) is 0 Å². The van der Waals surface area contributed by atoms with Gasteiger partial charge in [0.05, 0.1) is 0 Å². The molecule has 100 valence electrons. The van der Waals surface area contributed by atoms with Crippen LogP contribution in [0.3, 0.4) is 0 Å². The van der Waals surface area contributed by atoms with Gasteiger partial charge in [0.1, 0.15) is 0 Å². The minimum atomic E-state index is 0.596. The average molecular weight is 238 g/mol. The minimum Gasteiger partial charge on any atom is -0.316 e. The molecule has 1 saturated carbocycles. The molecule has 2 heteroatoms. The molecule has 2 fully saturated rings. The van der Waals surface area contributed by atoms with Crippen molar-refractivity contribution < 1.29 is 0 Å². The lowest BCUT2D eigenvalue weighted by Gasteiger charge is -2.35. The highest BCUT2D eigenvalue weighted by Crippen LogP contribution is 2.34. The van der Waals surface area contributed by atoms with Crippen LogP contribution in [0.1, 0.15) is 51.9 Å². The third-order valence-corrected chi connectivity index (χ3v) is 4.77. The first kappa shape index (κ1) is 13.4. The Bertz CT molecular complexity index is 221. The van der Waals surface area contributed by atoms with Gasteiger partial charge in [-0.2, -0.15) is 0 Å². The molecule has 0 radical (unpaired) electrons. The highest BCUT2D eigenvalue weighted by atomic mass is 15.1. The van der Waals surface area contributed by atoms with Crippen molar-refractivity contribution in [3.8, 4) is 0 Å². The Hall–Kier alpha value is -0.0800. The SMILES string of the molecule is CN1CCCC(CNCC2(C)CCCCC2)C1. The van der Waals surface area contributed by atoms with Gasteiger partial charge in [-0.3, -0.25) is 0 Å². The zero-order valence-electron chi connectivity index (χ0n) is 11.8. The first-order valence-corrected chi connectivity index (χ1v) is 7.57. The van der Waals surface area contributed by atoms with Crippen LogP contribution >= 0.6 is 0 Å². The molecule has 1 saturated heterocycles. The van der Waals surface area contributed by atoms with E-state index in [1.165, 1.54) is 71.1 Å². The van der Waals surface area contributed by atoms with Crippen molar-refractivity contribution in [2.75, 3.05) is 33.2 Å². The second-order valence-corrected chi connectivity index (χ2v) is 6.77. The molecule has 1 unspecified atom stereocenters. The van der Waals surface area contributed by atoms with Gasteiger partial charge >= 0.3 is 0 Å². The van der Waals surface area contributed by atoms with E-state index in [9.17, 15) is 0 Å². The van der Waals surface area contributed by atoms with Crippen molar-refractivity contribution >= 4 is 0 Å². The summed E-state index contributed by atoms with van der Waals surface area (Å²) < 4.78 is 0. The van der Waals surface area contributed by atoms with Crippen molar-refractivity contribution in [2.45, 2.75) is 51.9 Å². The fraction of sp³-hybridized carbons (Fsp3) is 1.00.